The van der Waals surface area contributed by atoms with E-state index in [0.29, 0.717) is 17.3 Å². The molecule has 1 aromatic heterocycles. The molecule has 6 heteroatoms. The molecular weight excluding hydrogens is 295 g/mol. The lowest BCUT2D eigenvalue weighted by Crippen LogP contribution is -1.91. The van der Waals surface area contributed by atoms with E-state index in [2.05, 4.69) is 10.1 Å². The van der Waals surface area contributed by atoms with Gasteiger partial charge in [0, 0.05) is 11.4 Å². The van der Waals surface area contributed by atoms with Gasteiger partial charge in [-0.1, -0.05) is 35.0 Å². The van der Waals surface area contributed by atoms with Gasteiger partial charge in [0.25, 0.3) is 5.89 Å². The molecule has 106 valence electrons. The van der Waals surface area contributed by atoms with Gasteiger partial charge in [0.2, 0.25) is 0 Å². The summed E-state index contributed by atoms with van der Waals surface area (Å²) in [5.74, 6) is -0.145. The van der Waals surface area contributed by atoms with E-state index in [4.69, 9.17) is 16.1 Å². The molecule has 0 saturated carbocycles. The number of aromatic hydroxyl groups is 1. The third kappa shape index (κ3) is 2.87. The van der Waals surface area contributed by atoms with Crippen LogP contribution in [0, 0.1) is 5.82 Å². The molecule has 0 spiro atoms. The first-order valence-electron chi connectivity index (χ1n) is 6.18. The molecule has 3 rings (SSSR count). The van der Waals surface area contributed by atoms with Crippen LogP contribution in [0.1, 0.15) is 11.4 Å². The summed E-state index contributed by atoms with van der Waals surface area (Å²) in [5, 5.41) is 14.1. The zero-order valence-electron chi connectivity index (χ0n) is 10.8. The molecule has 0 radical (unpaired) electrons. The molecule has 0 fully saturated rings. The third-order valence-corrected chi connectivity index (χ3v) is 3.33. The summed E-state index contributed by atoms with van der Waals surface area (Å²) in [5.41, 5.74) is 1.02. The van der Waals surface area contributed by atoms with E-state index in [1.807, 2.05) is 18.2 Å². The summed E-state index contributed by atoms with van der Waals surface area (Å²) in [4.78, 5) is 4.16. The molecule has 0 aliphatic rings. The van der Waals surface area contributed by atoms with Gasteiger partial charge in [-0.25, -0.2) is 4.39 Å². The van der Waals surface area contributed by atoms with E-state index in [-0.39, 0.29) is 17.2 Å². The SMILES string of the molecule is Oc1ccc(F)cc1-c1nc(Cc2ccccc2Cl)no1. The van der Waals surface area contributed by atoms with Gasteiger partial charge in [-0.2, -0.15) is 4.98 Å². The van der Waals surface area contributed by atoms with Gasteiger partial charge < -0.3 is 9.63 Å². The van der Waals surface area contributed by atoms with Crippen molar-refractivity contribution in [1.82, 2.24) is 10.1 Å². The molecule has 0 atom stereocenters. The largest absolute Gasteiger partial charge is 0.507 e. The van der Waals surface area contributed by atoms with E-state index in [9.17, 15) is 9.50 Å². The fourth-order valence-corrected chi connectivity index (χ4v) is 2.13. The Morgan fingerprint density at radius 1 is 1.19 bits per heavy atom. The number of halogens is 2. The van der Waals surface area contributed by atoms with Crippen molar-refractivity contribution in [3.8, 4) is 17.2 Å². The highest BCUT2D eigenvalue weighted by Gasteiger charge is 2.14. The summed E-state index contributed by atoms with van der Waals surface area (Å²) >= 11 is 6.07. The van der Waals surface area contributed by atoms with E-state index in [1.165, 1.54) is 6.07 Å². The Hall–Kier alpha value is -2.40. The number of phenolic OH excluding ortho intramolecular Hbond substituents is 1. The Morgan fingerprint density at radius 2 is 2.00 bits per heavy atom. The van der Waals surface area contributed by atoms with Crippen molar-refractivity contribution >= 4 is 11.6 Å². The zero-order valence-corrected chi connectivity index (χ0v) is 11.5. The average molecular weight is 305 g/mol. The third-order valence-electron chi connectivity index (χ3n) is 2.96. The quantitative estimate of drug-likeness (QED) is 0.799. The first-order chi connectivity index (χ1) is 10.1. The fourth-order valence-electron chi connectivity index (χ4n) is 1.93. The molecule has 4 nitrogen and oxygen atoms in total. The van der Waals surface area contributed by atoms with Crippen LogP contribution in [0.15, 0.2) is 47.0 Å². The minimum atomic E-state index is -0.492. The molecule has 1 N–H and O–H groups in total. The van der Waals surface area contributed by atoms with Gasteiger partial charge in [0.15, 0.2) is 5.82 Å². The van der Waals surface area contributed by atoms with Gasteiger partial charge in [-0.05, 0) is 29.8 Å². The lowest BCUT2D eigenvalue weighted by atomic mass is 10.1. The number of phenols is 1. The topological polar surface area (TPSA) is 59.2 Å². The maximum absolute atomic E-state index is 13.2. The number of hydrogen-bond donors (Lipinski definition) is 1. The van der Waals surface area contributed by atoms with Crippen molar-refractivity contribution in [2.75, 3.05) is 0 Å². The van der Waals surface area contributed by atoms with E-state index in [1.54, 1.807) is 6.07 Å². The molecule has 0 aliphatic carbocycles. The summed E-state index contributed by atoms with van der Waals surface area (Å²) in [7, 11) is 0. The molecule has 0 unspecified atom stereocenters. The van der Waals surface area contributed by atoms with Crippen molar-refractivity contribution < 1.29 is 14.0 Å². The second-order valence-corrected chi connectivity index (χ2v) is 4.85. The minimum absolute atomic E-state index is 0.0639. The van der Waals surface area contributed by atoms with E-state index < -0.39 is 5.82 Å². The molecule has 0 saturated heterocycles. The Labute approximate surface area is 124 Å². The van der Waals surface area contributed by atoms with Crippen LogP contribution in [0.2, 0.25) is 5.02 Å². The number of benzene rings is 2. The van der Waals surface area contributed by atoms with E-state index in [0.717, 1.165) is 17.7 Å². The Morgan fingerprint density at radius 3 is 2.81 bits per heavy atom. The predicted molar refractivity (Wildman–Crippen MR) is 75.6 cm³/mol. The summed E-state index contributed by atoms with van der Waals surface area (Å²) in [6, 6.07) is 10.9. The predicted octanol–water partition coefficient (Wildman–Crippen LogP) is 3.83. The van der Waals surface area contributed by atoms with E-state index >= 15 is 0 Å². The normalized spacial score (nSPS) is 10.8. The fraction of sp³-hybridized carbons (Fsp3) is 0.0667. The molecule has 2 aromatic carbocycles. The summed E-state index contributed by atoms with van der Waals surface area (Å²) < 4.78 is 18.3. The monoisotopic (exact) mass is 304 g/mol. The van der Waals surface area contributed by atoms with Gasteiger partial charge in [-0.3, -0.25) is 0 Å². The molecule has 21 heavy (non-hydrogen) atoms. The van der Waals surface area contributed by atoms with Crippen molar-refractivity contribution in [3.05, 3.63) is 64.7 Å². The Kier molecular flexibility index (Phi) is 3.58. The highest BCUT2D eigenvalue weighted by atomic mass is 35.5. The van der Waals surface area contributed by atoms with Gasteiger partial charge >= 0.3 is 0 Å². The first kappa shape index (κ1) is 13.6. The number of nitrogens with zero attached hydrogens (tertiary/aromatic N) is 2. The van der Waals surface area contributed by atoms with Crippen LogP contribution in [0.3, 0.4) is 0 Å². The van der Waals surface area contributed by atoms with Gasteiger partial charge in [0.1, 0.15) is 11.6 Å². The van der Waals surface area contributed by atoms with Crippen molar-refractivity contribution in [2.24, 2.45) is 0 Å². The summed E-state index contributed by atoms with van der Waals surface area (Å²) in [6.45, 7) is 0. The second kappa shape index (κ2) is 5.54. The smallest absolute Gasteiger partial charge is 0.261 e. The second-order valence-electron chi connectivity index (χ2n) is 4.45. The molecular formula is C15H10ClFN2O2. The van der Waals surface area contributed by atoms with Gasteiger partial charge in [-0.15, -0.1) is 0 Å². The van der Waals surface area contributed by atoms with Crippen LogP contribution < -0.4 is 0 Å². The standard InChI is InChI=1S/C15H10ClFN2O2/c16-12-4-2-1-3-9(12)7-14-18-15(21-19-14)11-8-10(17)5-6-13(11)20/h1-6,8,20H,7H2. The number of rotatable bonds is 3. The highest BCUT2D eigenvalue weighted by Crippen LogP contribution is 2.28. The van der Waals surface area contributed by atoms with Crippen molar-refractivity contribution in [1.29, 1.82) is 0 Å². The van der Waals surface area contributed by atoms with Crippen molar-refractivity contribution in [3.63, 3.8) is 0 Å². The Balaban J connectivity index is 1.90. The van der Waals surface area contributed by atoms with Crippen LogP contribution in [0.5, 0.6) is 5.75 Å². The first-order valence-corrected chi connectivity index (χ1v) is 6.56. The molecule has 0 bridgehead atoms. The van der Waals surface area contributed by atoms with Gasteiger partial charge in [0.05, 0.1) is 5.56 Å². The number of aromatic nitrogens is 2. The lowest BCUT2D eigenvalue weighted by Gasteiger charge is -1.99. The number of hydrogen-bond acceptors (Lipinski definition) is 4. The molecule has 3 aromatic rings. The van der Waals surface area contributed by atoms with Crippen LogP contribution in [-0.2, 0) is 6.42 Å². The average Bonchev–Trinajstić information content (AvgIpc) is 2.92. The van der Waals surface area contributed by atoms with Crippen molar-refractivity contribution in [2.45, 2.75) is 6.42 Å². The molecule has 0 amide bonds. The minimum Gasteiger partial charge on any atom is -0.507 e. The Bertz CT molecular complexity index is 789. The highest BCUT2D eigenvalue weighted by molar-refractivity contribution is 6.31. The van der Waals surface area contributed by atoms with Crippen LogP contribution >= 0.6 is 11.6 Å². The van der Waals surface area contributed by atoms with Crippen LogP contribution in [-0.4, -0.2) is 15.2 Å². The van der Waals surface area contributed by atoms with Crippen LogP contribution in [0.4, 0.5) is 4.39 Å². The molecule has 0 aliphatic heterocycles. The molecule has 1 heterocycles. The maximum Gasteiger partial charge on any atom is 0.261 e. The lowest BCUT2D eigenvalue weighted by molar-refractivity contribution is 0.418. The summed E-state index contributed by atoms with van der Waals surface area (Å²) in [6.07, 6.45) is 0.388. The maximum atomic E-state index is 13.2. The van der Waals surface area contributed by atoms with Crippen LogP contribution in [0.25, 0.3) is 11.5 Å². The zero-order chi connectivity index (χ0) is 14.8.